The topological polar surface area (TPSA) is 121 Å². The number of nitrogens with zero attached hydrogens (tertiary/aromatic N) is 4. The molecule has 8 rings (SSSR count). The zero-order chi connectivity index (χ0) is 36.7. The lowest BCUT2D eigenvalue weighted by Gasteiger charge is -2.25. The molecule has 3 aromatic carbocycles. The zero-order valence-electron chi connectivity index (χ0n) is 29.7. The van der Waals surface area contributed by atoms with Crippen molar-refractivity contribution in [3.63, 3.8) is 0 Å². The van der Waals surface area contributed by atoms with Crippen LogP contribution in [0.2, 0.25) is 5.02 Å². The largest absolute Gasteiger partial charge is 0.473 e. The Balaban J connectivity index is 0.000000804. The second kappa shape index (κ2) is 16.7. The number of imidazole rings is 1. The van der Waals surface area contributed by atoms with Gasteiger partial charge in [0.25, 0.3) is 5.91 Å². The molecular weight excluding hydrogens is 693 g/mol. The number of rotatable bonds is 12. The molecule has 10 nitrogen and oxygen atoms in total. The van der Waals surface area contributed by atoms with Gasteiger partial charge >= 0.3 is 0 Å². The summed E-state index contributed by atoms with van der Waals surface area (Å²) in [5.74, 6) is 1.15. The highest BCUT2D eigenvalue weighted by atomic mass is 35.5. The number of H-pyrrole nitrogens is 2. The number of amides is 1. The molecule has 5 aromatic rings. The number of carbonyl (C=O) groups is 1. The molecule has 1 amide bonds. The summed E-state index contributed by atoms with van der Waals surface area (Å²) in [4.78, 5) is 27.6. The number of hydrogen-bond acceptors (Lipinski definition) is 7. The normalized spacial score (nSPS) is 17.7. The van der Waals surface area contributed by atoms with Gasteiger partial charge in [-0.05, 0) is 100 Å². The number of fused-ring (bicyclic) bond motifs is 2. The van der Waals surface area contributed by atoms with Gasteiger partial charge in [0, 0.05) is 58.5 Å². The van der Waals surface area contributed by atoms with Crippen LogP contribution < -0.4 is 5.32 Å². The first-order valence-electron chi connectivity index (χ1n) is 18.0. The first-order chi connectivity index (χ1) is 25.8. The maximum absolute atomic E-state index is 14.0. The highest BCUT2D eigenvalue weighted by Gasteiger charge is 2.27. The molecule has 2 fully saturated rings. The maximum Gasteiger partial charge on any atom is 0.255 e. The Labute approximate surface area is 312 Å². The molecule has 274 valence electrons. The number of anilines is 1. The fraction of sp³-hybridized carbons (Fsp3) is 0.317. The molecule has 4 heterocycles. The van der Waals surface area contributed by atoms with Gasteiger partial charge in [0.2, 0.25) is 5.88 Å². The summed E-state index contributed by atoms with van der Waals surface area (Å²) in [6.07, 6.45) is 13.8. The average molecular weight is 736 g/mol. The Kier molecular flexibility index (Phi) is 11.4. The minimum absolute atomic E-state index is 0.0385. The Morgan fingerprint density at radius 2 is 2.00 bits per heavy atom. The Hall–Kier alpha value is -5.10. The van der Waals surface area contributed by atoms with Crippen molar-refractivity contribution in [2.75, 3.05) is 25.0 Å². The molecule has 1 saturated carbocycles. The van der Waals surface area contributed by atoms with Crippen molar-refractivity contribution in [1.29, 1.82) is 0 Å². The first-order valence-corrected chi connectivity index (χ1v) is 18.4. The molecular formula is C41H43ClFN7O3. The van der Waals surface area contributed by atoms with Gasteiger partial charge in [0.1, 0.15) is 18.2 Å². The summed E-state index contributed by atoms with van der Waals surface area (Å²) in [5, 5.41) is 11.9. The molecule has 3 N–H and O–H groups in total. The number of aromatic amines is 2. The smallest absolute Gasteiger partial charge is 0.255 e. The molecule has 1 aliphatic carbocycles. The van der Waals surface area contributed by atoms with Crippen molar-refractivity contribution in [2.24, 2.45) is 4.99 Å². The van der Waals surface area contributed by atoms with E-state index in [0.717, 1.165) is 78.8 Å². The van der Waals surface area contributed by atoms with Crippen LogP contribution in [0.25, 0.3) is 21.9 Å². The number of benzene rings is 3. The minimum Gasteiger partial charge on any atom is -0.473 e. The van der Waals surface area contributed by atoms with E-state index in [1.807, 2.05) is 42.5 Å². The van der Waals surface area contributed by atoms with E-state index < -0.39 is 5.82 Å². The maximum atomic E-state index is 14.0. The summed E-state index contributed by atoms with van der Waals surface area (Å²) in [6.45, 7) is 9.11. The quantitative estimate of drug-likeness (QED) is 0.0509. The van der Waals surface area contributed by atoms with Crippen molar-refractivity contribution in [3.05, 3.63) is 124 Å². The second-order valence-corrected chi connectivity index (χ2v) is 14.1. The van der Waals surface area contributed by atoms with Crippen molar-refractivity contribution in [2.45, 2.75) is 64.2 Å². The van der Waals surface area contributed by atoms with Crippen LogP contribution in [0.15, 0.2) is 95.3 Å². The van der Waals surface area contributed by atoms with Gasteiger partial charge in [-0.3, -0.25) is 14.8 Å². The fourth-order valence-electron chi connectivity index (χ4n) is 6.23. The highest BCUT2D eigenvalue weighted by Crippen LogP contribution is 2.42. The fourth-order valence-corrected chi connectivity index (χ4v) is 6.39. The third kappa shape index (κ3) is 9.47. The SMILES string of the molecule is C=N/C(=C\C=C/CC1=CCN(Cc2nc3ccc(NC(=O)c4ccc5n[nH]c(C6CC6)c5c4)cc3[nH]2)CC1)OCc1ccc(Cl)cc1F.C[C@@H]1CCO1. The molecule has 0 radical (unpaired) electrons. The standard InChI is InChI=1S/C37H35ClFN7O2.C4H8O/c1-40-35(48-22-26-8-10-27(38)19-30(26)39)5-3-2-4-23-14-16-46(17-15-23)21-34-42-32-13-11-28(20-33(32)43-34)41-37(47)25-9-12-31-29(18-25)36(45-44-31)24-6-7-24;1-4-2-3-5-4/h2-3,5,8-14,18-20,24H,1,4,6-7,15-17,21-22H2,(H,41,47)(H,42,43)(H,44,45);4H,2-3H2,1H3/b3-2-,35-5+;/t;4-/m.1/s1. The van der Waals surface area contributed by atoms with E-state index >= 15 is 0 Å². The Bertz CT molecular complexity index is 2200. The van der Waals surface area contributed by atoms with Crippen LogP contribution in [0.1, 0.15) is 72.4 Å². The van der Waals surface area contributed by atoms with Crippen LogP contribution >= 0.6 is 11.6 Å². The molecule has 1 atom stereocenters. The number of nitrogens with one attached hydrogen (secondary N) is 3. The number of allylic oxidation sites excluding steroid dienone is 3. The van der Waals surface area contributed by atoms with Crippen molar-refractivity contribution < 1.29 is 18.7 Å². The van der Waals surface area contributed by atoms with Gasteiger partial charge in [-0.1, -0.05) is 41.5 Å². The van der Waals surface area contributed by atoms with E-state index in [2.05, 4.69) is 56.2 Å². The van der Waals surface area contributed by atoms with Crippen molar-refractivity contribution in [1.82, 2.24) is 25.1 Å². The lowest BCUT2D eigenvalue weighted by Crippen LogP contribution is -2.28. The lowest BCUT2D eigenvalue weighted by molar-refractivity contribution is -0.0375. The summed E-state index contributed by atoms with van der Waals surface area (Å²) in [6, 6.07) is 15.9. The van der Waals surface area contributed by atoms with Crippen LogP contribution in [0.3, 0.4) is 0 Å². The molecule has 2 aromatic heterocycles. The zero-order valence-corrected chi connectivity index (χ0v) is 30.5. The van der Waals surface area contributed by atoms with Gasteiger partial charge < -0.3 is 19.8 Å². The summed E-state index contributed by atoms with van der Waals surface area (Å²) in [7, 11) is 0. The molecule has 0 spiro atoms. The van der Waals surface area contributed by atoms with Gasteiger partial charge in [0.05, 0.1) is 29.2 Å². The van der Waals surface area contributed by atoms with Gasteiger partial charge in [0.15, 0.2) is 0 Å². The Morgan fingerprint density at radius 1 is 1.17 bits per heavy atom. The third-order valence-corrected chi connectivity index (χ3v) is 9.84. The lowest BCUT2D eigenvalue weighted by atomic mass is 10.0. The van der Waals surface area contributed by atoms with Gasteiger partial charge in [-0.25, -0.2) is 14.4 Å². The molecule has 1 saturated heterocycles. The Morgan fingerprint density at radius 3 is 2.72 bits per heavy atom. The van der Waals surface area contributed by atoms with Crippen LogP contribution in [0.5, 0.6) is 0 Å². The predicted molar refractivity (Wildman–Crippen MR) is 208 cm³/mol. The molecule has 0 unspecified atom stereocenters. The molecule has 2 aliphatic heterocycles. The third-order valence-electron chi connectivity index (χ3n) is 9.61. The van der Waals surface area contributed by atoms with Crippen LogP contribution in [0, 0.1) is 5.82 Å². The van der Waals surface area contributed by atoms with Crippen molar-refractivity contribution >= 4 is 51.8 Å². The monoisotopic (exact) mass is 735 g/mol. The molecule has 12 heteroatoms. The van der Waals surface area contributed by atoms with E-state index in [1.165, 1.54) is 18.1 Å². The van der Waals surface area contributed by atoms with E-state index in [1.54, 1.807) is 18.2 Å². The first kappa shape index (κ1) is 36.3. The summed E-state index contributed by atoms with van der Waals surface area (Å²) in [5.41, 5.74) is 6.83. The minimum atomic E-state index is -0.419. The van der Waals surface area contributed by atoms with E-state index in [0.29, 0.717) is 46.3 Å². The number of aromatic nitrogens is 4. The molecule has 0 bridgehead atoms. The summed E-state index contributed by atoms with van der Waals surface area (Å²) < 4.78 is 24.5. The van der Waals surface area contributed by atoms with E-state index in [4.69, 9.17) is 26.1 Å². The van der Waals surface area contributed by atoms with E-state index in [-0.39, 0.29) is 12.5 Å². The van der Waals surface area contributed by atoms with Crippen molar-refractivity contribution in [3.8, 4) is 0 Å². The highest BCUT2D eigenvalue weighted by molar-refractivity contribution is 6.30. The van der Waals surface area contributed by atoms with Gasteiger partial charge in [-0.15, -0.1) is 0 Å². The average Bonchev–Trinajstić information content (AvgIpc) is 3.78. The van der Waals surface area contributed by atoms with Gasteiger partial charge in [-0.2, -0.15) is 5.10 Å². The van der Waals surface area contributed by atoms with Crippen LogP contribution in [-0.4, -0.2) is 63.5 Å². The number of ether oxygens (including phenoxy) is 2. The van der Waals surface area contributed by atoms with Crippen LogP contribution in [-0.2, 0) is 22.6 Å². The predicted octanol–water partition coefficient (Wildman–Crippen LogP) is 8.99. The molecule has 3 aliphatic rings. The molecule has 53 heavy (non-hydrogen) atoms. The second-order valence-electron chi connectivity index (χ2n) is 13.7. The number of halogens is 2. The number of hydrogen-bond donors (Lipinski definition) is 3. The number of carbonyl (C=O) groups excluding carboxylic acids is 1. The van der Waals surface area contributed by atoms with E-state index in [9.17, 15) is 9.18 Å². The summed E-state index contributed by atoms with van der Waals surface area (Å²) >= 11 is 5.81. The van der Waals surface area contributed by atoms with Crippen LogP contribution in [0.4, 0.5) is 10.1 Å². The number of aliphatic imine (C=N–C) groups is 1.